The van der Waals surface area contributed by atoms with Gasteiger partial charge in [0.05, 0.1) is 0 Å². The molecule has 0 aromatic rings. The van der Waals surface area contributed by atoms with Crippen molar-refractivity contribution < 1.29 is 85.2 Å². The second kappa shape index (κ2) is 9.88. The number of rotatable bonds is 9. The first-order valence-corrected chi connectivity index (χ1v) is 9.20. The van der Waals surface area contributed by atoms with Gasteiger partial charge in [-0.15, -0.1) is 0 Å². The minimum Gasteiger partial charge on any atom is -0.367 e. The van der Waals surface area contributed by atoms with Crippen molar-refractivity contribution in [2.75, 3.05) is 20.1 Å². The van der Waals surface area contributed by atoms with E-state index in [-0.39, 0.29) is 57.9 Å². The monoisotopic (exact) mass is 358 g/mol. The summed E-state index contributed by atoms with van der Waals surface area (Å²) in [5, 5.41) is 6.35. The van der Waals surface area contributed by atoms with Crippen LogP contribution >= 0.6 is 15.2 Å². The van der Waals surface area contributed by atoms with E-state index in [0.29, 0.717) is 6.54 Å². The van der Waals surface area contributed by atoms with E-state index in [0.717, 1.165) is 19.3 Å². The molecule has 0 radical (unpaired) electrons. The standard InChI is InChI=1S/C9H23NO7P2.K/c1-3-4-5-7-10(2)8-6-9(11,18(12,13)14)19(15,16)17;/h11H,3-8H2,1-2H3,(H2,12,13,14)(H2,15,16,17);/q;+1. The molecule has 116 valence electrons. The fourth-order valence-electron chi connectivity index (χ4n) is 1.55. The van der Waals surface area contributed by atoms with Crippen molar-refractivity contribution in [3.8, 4) is 0 Å². The van der Waals surface area contributed by atoms with Crippen LogP contribution in [-0.2, 0) is 9.13 Å². The van der Waals surface area contributed by atoms with E-state index in [4.69, 9.17) is 19.6 Å². The maximum Gasteiger partial charge on any atom is 1.00 e. The Hall–Kier alpha value is 1.86. The maximum absolute atomic E-state index is 11.1. The van der Waals surface area contributed by atoms with Gasteiger partial charge in [0.1, 0.15) is 0 Å². The Labute approximate surface area is 161 Å². The molecule has 5 N–H and O–H groups in total. The topological polar surface area (TPSA) is 139 Å². The van der Waals surface area contributed by atoms with Gasteiger partial charge in [0.15, 0.2) is 0 Å². The first-order chi connectivity index (χ1) is 8.45. The molecular weight excluding hydrogens is 335 g/mol. The molecule has 11 heteroatoms. The molecule has 0 bridgehead atoms. The fourth-order valence-corrected chi connectivity index (χ4v) is 3.69. The van der Waals surface area contributed by atoms with Gasteiger partial charge >= 0.3 is 66.6 Å². The zero-order chi connectivity index (χ0) is 15.3. The quantitative estimate of drug-likeness (QED) is 0.173. The predicted molar refractivity (Wildman–Crippen MR) is 70.7 cm³/mol. The number of nitrogens with zero attached hydrogens (tertiary/aromatic N) is 1. The van der Waals surface area contributed by atoms with E-state index >= 15 is 0 Å². The Morgan fingerprint density at radius 3 is 1.80 bits per heavy atom. The van der Waals surface area contributed by atoms with Crippen LogP contribution in [0, 0.1) is 0 Å². The third-order valence-corrected chi connectivity index (χ3v) is 6.78. The van der Waals surface area contributed by atoms with Gasteiger partial charge in [-0.2, -0.15) is 0 Å². The molecule has 0 atom stereocenters. The van der Waals surface area contributed by atoms with Crippen LogP contribution in [0.1, 0.15) is 32.6 Å². The number of hydrogen-bond acceptors (Lipinski definition) is 4. The molecule has 0 heterocycles. The van der Waals surface area contributed by atoms with E-state index in [1.807, 2.05) is 6.92 Å². The molecule has 0 aliphatic heterocycles. The van der Waals surface area contributed by atoms with Gasteiger partial charge in [0, 0.05) is 13.0 Å². The van der Waals surface area contributed by atoms with Crippen molar-refractivity contribution in [3.63, 3.8) is 0 Å². The normalized spacial score (nSPS) is 13.4. The zero-order valence-electron chi connectivity index (χ0n) is 12.1. The van der Waals surface area contributed by atoms with Crippen molar-refractivity contribution in [1.29, 1.82) is 0 Å². The smallest absolute Gasteiger partial charge is 0.367 e. The Morgan fingerprint density at radius 1 is 1.00 bits per heavy atom. The Bertz CT molecular complexity index is 347. The summed E-state index contributed by atoms with van der Waals surface area (Å²) in [6, 6.07) is 0. The Morgan fingerprint density at radius 2 is 1.45 bits per heavy atom. The van der Waals surface area contributed by atoms with Gasteiger partial charge in [0.2, 0.25) is 0 Å². The van der Waals surface area contributed by atoms with Crippen molar-refractivity contribution in [2.24, 2.45) is 0 Å². The van der Waals surface area contributed by atoms with Crippen molar-refractivity contribution in [3.05, 3.63) is 0 Å². The van der Waals surface area contributed by atoms with Crippen molar-refractivity contribution in [1.82, 2.24) is 4.90 Å². The van der Waals surface area contributed by atoms with E-state index in [9.17, 15) is 14.2 Å². The van der Waals surface area contributed by atoms with Gasteiger partial charge in [-0.05, 0) is 20.0 Å². The maximum atomic E-state index is 11.1. The van der Waals surface area contributed by atoms with E-state index in [1.54, 1.807) is 11.9 Å². The van der Waals surface area contributed by atoms with E-state index in [2.05, 4.69) is 0 Å². The molecule has 20 heavy (non-hydrogen) atoms. The molecule has 0 aliphatic rings. The Kier molecular flexibility index (Phi) is 11.9. The number of aliphatic hydroxyl groups is 1. The van der Waals surface area contributed by atoms with Crippen molar-refractivity contribution >= 4 is 15.2 Å². The van der Waals surface area contributed by atoms with Gasteiger partial charge in [-0.3, -0.25) is 9.13 Å². The van der Waals surface area contributed by atoms with Crippen LogP contribution in [-0.4, -0.2) is 54.8 Å². The molecule has 0 saturated heterocycles. The summed E-state index contributed by atoms with van der Waals surface area (Å²) < 4.78 is 22.2. The SMILES string of the molecule is CCCCCN(C)CCC(O)(P(=O)(O)O)P(=O)(O)O.[K+]. The first-order valence-electron chi connectivity index (χ1n) is 5.98. The molecule has 0 saturated carbocycles. The fraction of sp³-hybridized carbons (Fsp3) is 1.00. The van der Waals surface area contributed by atoms with Crippen LogP contribution in [0.25, 0.3) is 0 Å². The third-order valence-electron chi connectivity index (χ3n) is 2.91. The molecule has 0 aromatic heterocycles. The third kappa shape index (κ3) is 7.42. The summed E-state index contributed by atoms with van der Waals surface area (Å²) in [4.78, 5) is 37.5. The zero-order valence-corrected chi connectivity index (χ0v) is 17.0. The minimum absolute atomic E-state index is 0. The minimum atomic E-state index is -5.33. The Balaban J connectivity index is 0. The van der Waals surface area contributed by atoms with Crippen LogP contribution in [0.4, 0.5) is 0 Å². The average Bonchev–Trinajstić information content (AvgIpc) is 2.23. The van der Waals surface area contributed by atoms with Crippen LogP contribution in [0.3, 0.4) is 0 Å². The summed E-state index contributed by atoms with van der Waals surface area (Å²) in [5.41, 5.74) is 0. The molecule has 0 unspecified atom stereocenters. The molecule has 8 nitrogen and oxygen atoms in total. The van der Waals surface area contributed by atoms with Crippen LogP contribution < -0.4 is 51.4 Å². The first kappa shape index (κ1) is 24.1. The molecule has 0 spiro atoms. The second-order valence-electron chi connectivity index (χ2n) is 4.62. The van der Waals surface area contributed by atoms with Crippen LogP contribution in [0.5, 0.6) is 0 Å². The molecule has 0 amide bonds. The molecule has 0 aromatic carbocycles. The van der Waals surface area contributed by atoms with Gasteiger partial charge < -0.3 is 29.6 Å². The largest absolute Gasteiger partial charge is 1.00 e. The summed E-state index contributed by atoms with van der Waals surface area (Å²) in [7, 11) is -9.00. The second-order valence-corrected chi connectivity index (χ2v) is 8.63. The predicted octanol–water partition coefficient (Wildman–Crippen LogP) is -2.50. The molecule has 0 fully saturated rings. The van der Waals surface area contributed by atoms with E-state index in [1.165, 1.54) is 0 Å². The average molecular weight is 358 g/mol. The summed E-state index contributed by atoms with van der Waals surface area (Å²) in [5.74, 6) is 0. The summed E-state index contributed by atoms with van der Waals surface area (Å²) >= 11 is 0. The number of unbranched alkanes of at least 4 members (excludes halogenated alkanes) is 2. The van der Waals surface area contributed by atoms with Gasteiger partial charge in [0.25, 0.3) is 5.08 Å². The molecule has 0 rings (SSSR count). The molecule has 0 aliphatic carbocycles. The van der Waals surface area contributed by atoms with E-state index < -0.39 is 26.7 Å². The van der Waals surface area contributed by atoms with Crippen LogP contribution in [0.2, 0.25) is 0 Å². The summed E-state index contributed by atoms with van der Waals surface area (Å²) in [6.07, 6.45) is 2.19. The summed E-state index contributed by atoms with van der Waals surface area (Å²) in [6.45, 7) is 2.64. The van der Waals surface area contributed by atoms with Gasteiger partial charge in [-0.25, -0.2) is 0 Å². The molecular formula is C9H23KNO7P2+. The van der Waals surface area contributed by atoms with Crippen molar-refractivity contribution in [2.45, 2.75) is 37.7 Å². The van der Waals surface area contributed by atoms with Gasteiger partial charge in [-0.1, -0.05) is 19.8 Å². The van der Waals surface area contributed by atoms with Crippen LogP contribution in [0.15, 0.2) is 0 Å². The number of hydrogen-bond donors (Lipinski definition) is 5.